The molecule has 1 amide bonds. The lowest BCUT2D eigenvalue weighted by Gasteiger charge is -2.12. The number of ether oxygens (including phenoxy) is 1. The topological polar surface area (TPSA) is 64.6 Å². The lowest BCUT2D eigenvalue weighted by molar-refractivity contribution is -0.117. The molecule has 0 radical (unpaired) electrons. The van der Waals surface area contributed by atoms with Crippen LogP contribution in [0, 0.1) is 0 Å². The Hall–Kier alpha value is -2.27. The molecule has 0 bridgehead atoms. The van der Waals surface area contributed by atoms with Gasteiger partial charge in [-0.15, -0.1) is 0 Å². The van der Waals surface area contributed by atoms with E-state index in [0.717, 1.165) is 0 Å². The van der Waals surface area contributed by atoms with Crippen LogP contribution >= 0.6 is 0 Å². The number of amides is 1. The lowest BCUT2D eigenvalue weighted by Crippen LogP contribution is -2.27. The van der Waals surface area contributed by atoms with Gasteiger partial charge in [-0.2, -0.15) is 0 Å². The maximum Gasteiger partial charge on any atom is 0.244 e. The van der Waals surface area contributed by atoms with Crippen molar-refractivity contribution in [3.63, 3.8) is 0 Å². The molecule has 1 N–H and O–H groups in total. The Morgan fingerprint density at radius 2 is 2.16 bits per heavy atom. The van der Waals surface area contributed by atoms with E-state index in [1.807, 2.05) is 0 Å². The highest BCUT2D eigenvalue weighted by atomic mass is 16.5. The van der Waals surface area contributed by atoms with Crippen LogP contribution in [-0.4, -0.2) is 19.6 Å². The highest BCUT2D eigenvalue weighted by Gasteiger charge is 2.13. The van der Waals surface area contributed by atoms with Crippen LogP contribution in [0.2, 0.25) is 0 Å². The first-order valence-electron chi connectivity index (χ1n) is 5.85. The molecule has 2 aromatic heterocycles. The molecule has 2 heterocycles. The molecular weight excluding hydrogens is 246 g/mol. The van der Waals surface area contributed by atoms with Crippen LogP contribution in [0.15, 0.2) is 51.7 Å². The minimum Gasteiger partial charge on any atom is -0.467 e. The third-order valence-electron chi connectivity index (χ3n) is 2.55. The highest BCUT2D eigenvalue weighted by molar-refractivity contribution is 5.91. The van der Waals surface area contributed by atoms with Gasteiger partial charge in [0.2, 0.25) is 5.91 Å². The maximum absolute atomic E-state index is 11.6. The maximum atomic E-state index is 11.6. The van der Waals surface area contributed by atoms with Crippen molar-refractivity contribution in [2.24, 2.45) is 0 Å². The molecule has 0 spiro atoms. The highest BCUT2D eigenvalue weighted by Crippen LogP contribution is 2.15. The summed E-state index contributed by atoms with van der Waals surface area (Å²) in [5.41, 5.74) is 0. The molecule has 1 unspecified atom stereocenters. The second kappa shape index (κ2) is 6.61. The molecule has 0 aliphatic rings. The van der Waals surface area contributed by atoms with E-state index in [0.29, 0.717) is 18.1 Å². The molecule has 19 heavy (non-hydrogen) atoms. The van der Waals surface area contributed by atoms with E-state index in [1.54, 1.807) is 50.0 Å². The van der Waals surface area contributed by atoms with Gasteiger partial charge < -0.3 is 18.9 Å². The first-order valence-corrected chi connectivity index (χ1v) is 5.85. The van der Waals surface area contributed by atoms with E-state index in [1.165, 1.54) is 6.08 Å². The summed E-state index contributed by atoms with van der Waals surface area (Å²) in [7, 11) is 1.57. The average molecular weight is 261 g/mol. The number of carbonyl (C=O) groups excluding carboxylic acids is 1. The second-order valence-electron chi connectivity index (χ2n) is 3.83. The second-order valence-corrected chi connectivity index (χ2v) is 3.83. The van der Waals surface area contributed by atoms with Crippen LogP contribution < -0.4 is 5.32 Å². The van der Waals surface area contributed by atoms with Gasteiger partial charge in [-0.25, -0.2) is 0 Å². The largest absolute Gasteiger partial charge is 0.467 e. The van der Waals surface area contributed by atoms with E-state index in [9.17, 15) is 4.79 Å². The van der Waals surface area contributed by atoms with Crippen LogP contribution in [0.3, 0.4) is 0 Å². The number of nitrogens with one attached hydrogen (secondary N) is 1. The summed E-state index contributed by atoms with van der Waals surface area (Å²) < 4.78 is 15.6. The molecule has 1 atom stereocenters. The number of hydrogen-bond donors (Lipinski definition) is 1. The molecule has 2 rings (SSSR count). The van der Waals surface area contributed by atoms with Crippen molar-refractivity contribution in [2.45, 2.75) is 6.10 Å². The van der Waals surface area contributed by atoms with Crippen LogP contribution in [0.4, 0.5) is 0 Å². The van der Waals surface area contributed by atoms with Gasteiger partial charge in [0.05, 0.1) is 19.1 Å². The Bertz CT molecular complexity index is 514. The molecule has 0 saturated heterocycles. The summed E-state index contributed by atoms with van der Waals surface area (Å²) in [6, 6.07) is 7.11. The third kappa shape index (κ3) is 3.86. The summed E-state index contributed by atoms with van der Waals surface area (Å²) >= 11 is 0. The fraction of sp³-hybridized carbons (Fsp3) is 0.214. The molecule has 0 fully saturated rings. The number of rotatable bonds is 6. The van der Waals surface area contributed by atoms with E-state index >= 15 is 0 Å². The zero-order valence-electron chi connectivity index (χ0n) is 10.5. The van der Waals surface area contributed by atoms with E-state index in [-0.39, 0.29) is 12.0 Å². The van der Waals surface area contributed by atoms with Crippen molar-refractivity contribution in [3.8, 4) is 0 Å². The van der Waals surface area contributed by atoms with Crippen molar-refractivity contribution in [2.75, 3.05) is 13.7 Å². The predicted octanol–water partition coefficient (Wildman–Crippen LogP) is 2.39. The first-order chi connectivity index (χ1) is 9.29. The van der Waals surface area contributed by atoms with Gasteiger partial charge in [0, 0.05) is 13.2 Å². The van der Waals surface area contributed by atoms with Crippen molar-refractivity contribution in [3.05, 3.63) is 54.4 Å². The van der Waals surface area contributed by atoms with Crippen LogP contribution in [0.1, 0.15) is 17.6 Å². The molecule has 5 heteroatoms. The summed E-state index contributed by atoms with van der Waals surface area (Å²) in [4.78, 5) is 11.6. The lowest BCUT2D eigenvalue weighted by atomic mass is 10.2. The van der Waals surface area contributed by atoms with Crippen LogP contribution in [0.5, 0.6) is 0 Å². The number of methoxy groups -OCH3 is 1. The predicted molar refractivity (Wildman–Crippen MR) is 69.2 cm³/mol. The third-order valence-corrected chi connectivity index (χ3v) is 2.55. The molecule has 0 aromatic carbocycles. The van der Waals surface area contributed by atoms with Gasteiger partial charge in [0.25, 0.3) is 0 Å². The van der Waals surface area contributed by atoms with E-state index in [4.69, 9.17) is 13.6 Å². The Balaban J connectivity index is 1.82. The molecule has 0 aliphatic heterocycles. The fourth-order valence-electron chi connectivity index (χ4n) is 1.57. The standard InChI is InChI=1S/C14H15NO4/c1-17-13(12-5-3-9-19-12)10-15-14(16)7-6-11-4-2-8-18-11/h2-9,13H,10H2,1H3,(H,15,16)/b7-6+. The Morgan fingerprint density at radius 1 is 1.37 bits per heavy atom. The quantitative estimate of drug-likeness (QED) is 0.811. The van der Waals surface area contributed by atoms with Gasteiger partial charge in [-0.1, -0.05) is 0 Å². The summed E-state index contributed by atoms with van der Waals surface area (Å²) in [5.74, 6) is 1.09. The monoisotopic (exact) mass is 261 g/mol. The zero-order chi connectivity index (χ0) is 13.5. The van der Waals surface area contributed by atoms with Gasteiger partial charge in [0.15, 0.2) is 0 Å². The molecule has 5 nitrogen and oxygen atoms in total. The van der Waals surface area contributed by atoms with Crippen molar-refractivity contribution < 1.29 is 18.4 Å². The van der Waals surface area contributed by atoms with E-state index < -0.39 is 0 Å². The van der Waals surface area contributed by atoms with Crippen LogP contribution in [0.25, 0.3) is 6.08 Å². The molecule has 2 aromatic rings. The normalized spacial score (nSPS) is 12.7. The number of furan rings is 2. The van der Waals surface area contributed by atoms with Crippen molar-refractivity contribution in [1.82, 2.24) is 5.32 Å². The average Bonchev–Trinajstić information content (AvgIpc) is 3.10. The minimum atomic E-state index is -0.295. The van der Waals surface area contributed by atoms with Crippen molar-refractivity contribution in [1.29, 1.82) is 0 Å². The SMILES string of the molecule is COC(CNC(=O)/C=C/c1ccco1)c1ccco1. The first kappa shape index (κ1) is 13.2. The zero-order valence-corrected chi connectivity index (χ0v) is 10.5. The van der Waals surface area contributed by atoms with Gasteiger partial charge in [0.1, 0.15) is 17.6 Å². The summed E-state index contributed by atoms with van der Waals surface area (Å²) in [6.45, 7) is 0.339. The van der Waals surface area contributed by atoms with Gasteiger partial charge >= 0.3 is 0 Å². The summed E-state index contributed by atoms with van der Waals surface area (Å²) in [6.07, 6.45) is 5.84. The van der Waals surface area contributed by atoms with Gasteiger partial charge in [-0.05, 0) is 30.3 Å². The molecule has 0 saturated carbocycles. The van der Waals surface area contributed by atoms with Gasteiger partial charge in [-0.3, -0.25) is 4.79 Å². The van der Waals surface area contributed by atoms with E-state index in [2.05, 4.69) is 5.32 Å². The van der Waals surface area contributed by atoms with Crippen molar-refractivity contribution >= 4 is 12.0 Å². The Labute approximate surface area is 110 Å². The fourth-order valence-corrected chi connectivity index (χ4v) is 1.57. The summed E-state index contributed by atoms with van der Waals surface area (Å²) in [5, 5.41) is 2.73. The molecular formula is C14H15NO4. The van der Waals surface area contributed by atoms with Crippen LogP contribution in [-0.2, 0) is 9.53 Å². The minimum absolute atomic E-state index is 0.218. The molecule has 0 aliphatic carbocycles. The number of hydrogen-bond acceptors (Lipinski definition) is 4. The molecule has 100 valence electrons. The number of carbonyl (C=O) groups is 1. The smallest absolute Gasteiger partial charge is 0.244 e. The Morgan fingerprint density at radius 3 is 2.79 bits per heavy atom. The Kier molecular flexibility index (Phi) is 4.58.